The fourth-order valence-electron chi connectivity index (χ4n) is 3.00. The van der Waals surface area contributed by atoms with Crippen molar-refractivity contribution in [3.63, 3.8) is 0 Å². The first-order chi connectivity index (χ1) is 11.6. The van der Waals surface area contributed by atoms with Crippen LogP contribution in [0.1, 0.15) is 42.9 Å². The molecule has 2 amide bonds. The minimum absolute atomic E-state index is 0.0939. The number of nitrogens with zero attached hydrogens (tertiary/aromatic N) is 2. The summed E-state index contributed by atoms with van der Waals surface area (Å²) in [5.74, 6) is 1.18. The predicted octanol–water partition coefficient (Wildman–Crippen LogP) is 3.48. The van der Waals surface area contributed by atoms with Gasteiger partial charge in [0, 0.05) is 37.2 Å². The fourth-order valence-corrected chi connectivity index (χ4v) is 3.20. The Morgan fingerprint density at radius 2 is 2.29 bits per heavy atom. The number of fused-ring (bicyclic) bond motifs is 1. The average Bonchev–Trinajstić information content (AvgIpc) is 2.97. The number of urea groups is 1. The molecule has 2 aromatic rings. The Bertz CT molecular complexity index is 689. The molecular formula is C18H23ClN4O. The number of hydrogen-bond acceptors (Lipinski definition) is 2. The highest BCUT2D eigenvalue weighted by molar-refractivity contribution is 6.30. The van der Waals surface area contributed by atoms with Gasteiger partial charge in [-0.15, -0.1) is 0 Å². The van der Waals surface area contributed by atoms with Crippen LogP contribution in [0.15, 0.2) is 30.5 Å². The zero-order valence-electron chi connectivity index (χ0n) is 13.9. The summed E-state index contributed by atoms with van der Waals surface area (Å²) < 4.78 is 2.24. The minimum atomic E-state index is -0.175. The van der Waals surface area contributed by atoms with Crippen molar-refractivity contribution in [3.8, 4) is 0 Å². The third-order valence-electron chi connectivity index (χ3n) is 4.32. The van der Waals surface area contributed by atoms with E-state index in [0.717, 1.165) is 30.6 Å². The molecule has 1 aromatic heterocycles. The van der Waals surface area contributed by atoms with E-state index in [-0.39, 0.29) is 12.1 Å². The largest absolute Gasteiger partial charge is 0.338 e. The number of amides is 2. The van der Waals surface area contributed by atoms with Crippen LogP contribution in [-0.4, -0.2) is 22.1 Å². The van der Waals surface area contributed by atoms with Crippen LogP contribution in [0.2, 0.25) is 5.02 Å². The number of benzene rings is 1. The number of nitrogens with one attached hydrogen (secondary N) is 2. The summed E-state index contributed by atoms with van der Waals surface area (Å²) in [7, 11) is 0. The second kappa shape index (κ2) is 7.71. The first-order valence-electron chi connectivity index (χ1n) is 8.46. The maximum absolute atomic E-state index is 12.0. The van der Waals surface area contributed by atoms with Gasteiger partial charge in [0.2, 0.25) is 0 Å². The van der Waals surface area contributed by atoms with Gasteiger partial charge in [-0.1, -0.05) is 23.7 Å². The number of hydrogen-bond donors (Lipinski definition) is 2. The van der Waals surface area contributed by atoms with Gasteiger partial charge in [0.1, 0.15) is 5.82 Å². The summed E-state index contributed by atoms with van der Waals surface area (Å²) in [5.41, 5.74) is 2.04. The van der Waals surface area contributed by atoms with E-state index in [1.807, 2.05) is 31.2 Å². The summed E-state index contributed by atoms with van der Waals surface area (Å²) in [4.78, 5) is 16.7. The zero-order valence-corrected chi connectivity index (χ0v) is 14.6. The summed E-state index contributed by atoms with van der Waals surface area (Å²) in [6.45, 7) is 3.58. The highest BCUT2D eigenvalue weighted by atomic mass is 35.5. The molecule has 1 atom stereocenters. The van der Waals surface area contributed by atoms with E-state index in [2.05, 4.69) is 26.4 Å². The Morgan fingerprint density at radius 3 is 3.08 bits per heavy atom. The number of halogens is 1. The Hall–Kier alpha value is -2.01. The molecule has 2 heterocycles. The molecule has 0 saturated carbocycles. The van der Waals surface area contributed by atoms with Gasteiger partial charge < -0.3 is 15.2 Å². The monoisotopic (exact) mass is 346 g/mol. The molecule has 6 heteroatoms. The van der Waals surface area contributed by atoms with Crippen molar-refractivity contribution in [1.82, 2.24) is 20.2 Å². The molecule has 0 radical (unpaired) electrons. The molecule has 3 rings (SSSR count). The van der Waals surface area contributed by atoms with Gasteiger partial charge in [0.25, 0.3) is 0 Å². The molecule has 0 aliphatic carbocycles. The molecule has 1 aliphatic heterocycles. The van der Waals surface area contributed by atoms with Gasteiger partial charge >= 0.3 is 6.03 Å². The summed E-state index contributed by atoms with van der Waals surface area (Å²) in [5, 5.41) is 6.49. The van der Waals surface area contributed by atoms with Crippen molar-refractivity contribution in [2.45, 2.75) is 45.2 Å². The van der Waals surface area contributed by atoms with Crippen LogP contribution < -0.4 is 10.6 Å². The van der Waals surface area contributed by atoms with Gasteiger partial charge in [-0.25, -0.2) is 9.78 Å². The predicted molar refractivity (Wildman–Crippen MR) is 95.3 cm³/mol. The van der Waals surface area contributed by atoms with Gasteiger partial charge in [-0.05, 0) is 37.5 Å². The van der Waals surface area contributed by atoms with E-state index in [1.165, 1.54) is 18.7 Å². The molecule has 2 N–H and O–H groups in total. The highest BCUT2D eigenvalue weighted by Gasteiger charge is 2.13. The lowest BCUT2D eigenvalue weighted by Crippen LogP contribution is -2.38. The maximum Gasteiger partial charge on any atom is 0.315 e. The van der Waals surface area contributed by atoms with Crippen LogP contribution in [0.4, 0.5) is 4.79 Å². The average molecular weight is 347 g/mol. The van der Waals surface area contributed by atoms with Crippen LogP contribution in [0, 0.1) is 0 Å². The van der Waals surface area contributed by atoms with Crippen molar-refractivity contribution in [1.29, 1.82) is 0 Å². The van der Waals surface area contributed by atoms with Crippen LogP contribution >= 0.6 is 11.6 Å². The van der Waals surface area contributed by atoms with E-state index in [4.69, 9.17) is 11.6 Å². The first-order valence-corrected chi connectivity index (χ1v) is 8.84. The Kier molecular flexibility index (Phi) is 5.41. The quantitative estimate of drug-likeness (QED) is 0.870. The van der Waals surface area contributed by atoms with Crippen molar-refractivity contribution in [3.05, 3.63) is 52.6 Å². The fraction of sp³-hybridized carbons (Fsp3) is 0.444. The van der Waals surface area contributed by atoms with Crippen molar-refractivity contribution in [2.24, 2.45) is 0 Å². The lowest BCUT2D eigenvalue weighted by atomic mass is 10.1. The third kappa shape index (κ3) is 4.29. The number of rotatable bonds is 5. The molecule has 24 heavy (non-hydrogen) atoms. The molecular weight excluding hydrogens is 324 g/mol. The van der Waals surface area contributed by atoms with Crippen molar-refractivity contribution < 1.29 is 4.79 Å². The van der Waals surface area contributed by atoms with Gasteiger partial charge in [-0.2, -0.15) is 0 Å². The topological polar surface area (TPSA) is 59.0 Å². The molecule has 1 aliphatic rings. The Morgan fingerprint density at radius 1 is 1.42 bits per heavy atom. The van der Waals surface area contributed by atoms with Crippen LogP contribution in [-0.2, 0) is 19.4 Å². The SMILES string of the molecule is CC(NC(=O)NCCc1cn2c(n1)CCCC2)c1cccc(Cl)c1. The van der Waals surface area contributed by atoms with Gasteiger partial charge in [0.15, 0.2) is 0 Å². The van der Waals surface area contributed by atoms with Crippen molar-refractivity contribution >= 4 is 17.6 Å². The number of carbonyl (C=O) groups is 1. The van der Waals surface area contributed by atoms with Crippen molar-refractivity contribution in [2.75, 3.05) is 6.54 Å². The maximum atomic E-state index is 12.0. The molecule has 128 valence electrons. The Balaban J connectivity index is 1.44. The van der Waals surface area contributed by atoms with E-state index < -0.39 is 0 Å². The number of carbonyl (C=O) groups excluding carboxylic acids is 1. The lowest BCUT2D eigenvalue weighted by Gasteiger charge is -2.15. The molecule has 1 aromatic carbocycles. The smallest absolute Gasteiger partial charge is 0.315 e. The summed E-state index contributed by atoms with van der Waals surface area (Å²) in [6, 6.07) is 7.25. The molecule has 0 bridgehead atoms. The standard InChI is InChI=1S/C18H23ClN4O/c1-13(14-5-4-6-15(19)11-14)21-18(24)20-9-8-16-12-23-10-3-2-7-17(23)22-16/h4-6,11-13H,2-3,7-10H2,1H3,(H2,20,21,24). The van der Waals surface area contributed by atoms with E-state index in [0.29, 0.717) is 11.6 Å². The second-order valence-electron chi connectivity index (χ2n) is 6.23. The van der Waals surface area contributed by atoms with E-state index in [9.17, 15) is 4.79 Å². The van der Waals surface area contributed by atoms with Gasteiger partial charge in [-0.3, -0.25) is 0 Å². The number of aryl methyl sites for hydroxylation is 2. The van der Waals surface area contributed by atoms with E-state index in [1.54, 1.807) is 0 Å². The number of aromatic nitrogens is 2. The summed E-state index contributed by atoms with van der Waals surface area (Å²) >= 11 is 5.98. The van der Waals surface area contributed by atoms with Crippen LogP contribution in [0.3, 0.4) is 0 Å². The lowest BCUT2D eigenvalue weighted by molar-refractivity contribution is 0.238. The van der Waals surface area contributed by atoms with E-state index >= 15 is 0 Å². The second-order valence-corrected chi connectivity index (χ2v) is 6.66. The molecule has 0 saturated heterocycles. The highest BCUT2D eigenvalue weighted by Crippen LogP contribution is 2.17. The third-order valence-corrected chi connectivity index (χ3v) is 4.56. The summed E-state index contributed by atoms with van der Waals surface area (Å²) in [6.07, 6.45) is 6.37. The molecule has 0 fully saturated rings. The first kappa shape index (κ1) is 16.8. The zero-order chi connectivity index (χ0) is 16.9. The Labute approximate surface area is 147 Å². The van der Waals surface area contributed by atoms with Crippen LogP contribution in [0.25, 0.3) is 0 Å². The normalized spacial score (nSPS) is 14.8. The molecule has 0 spiro atoms. The van der Waals surface area contributed by atoms with Gasteiger partial charge in [0.05, 0.1) is 11.7 Å². The minimum Gasteiger partial charge on any atom is -0.338 e. The van der Waals surface area contributed by atoms with Crippen LogP contribution in [0.5, 0.6) is 0 Å². The molecule has 5 nitrogen and oxygen atoms in total. The molecule has 1 unspecified atom stereocenters. The number of imidazole rings is 1.